The number of hydrogen-bond acceptors (Lipinski definition) is 8. The third kappa shape index (κ3) is 6.46. The molecule has 1 aliphatic carbocycles. The number of benzene rings is 3. The van der Waals surface area contributed by atoms with Gasteiger partial charge in [-0.15, -0.1) is 0 Å². The van der Waals surface area contributed by atoms with E-state index in [0.29, 0.717) is 34.6 Å². The first-order valence-corrected chi connectivity index (χ1v) is 15.4. The lowest BCUT2D eigenvalue weighted by atomic mass is 9.68. The van der Waals surface area contributed by atoms with E-state index in [9.17, 15) is 19.2 Å². The van der Waals surface area contributed by atoms with E-state index in [0.717, 1.165) is 27.8 Å². The fourth-order valence-corrected chi connectivity index (χ4v) is 6.47. The van der Waals surface area contributed by atoms with E-state index in [2.05, 4.69) is 0 Å². The van der Waals surface area contributed by atoms with Crippen LogP contribution in [0.4, 0.5) is 0 Å². The largest absolute Gasteiger partial charge is 0.468 e. The standard InChI is InChI=1S/C39H38O8/c1-24(40)16-21-30(27-19-17-26(18-20-27)25(2)41)31-22-39(37(42)45-4,38(43)46-5)23-32-33(31)34(35(44-3)28-12-8-6-9-13-28)36(47-32)29-14-10-7-11-15-29/h6-15,17-20,35H,16,21-23H2,1-5H3/b31-30+/t35-/m0/s1. The first kappa shape index (κ1) is 33.3. The number of hydrogen-bond donors (Lipinski definition) is 0. The maximum atomic E-state index is 13.7. The second-order valence-corrected chi connectivity index (χ2v) is 11.7. The minimum atomic E-state index is -1.76. The number of carbonyl (C=O) groups excluding carboxylic acids is 4. The van der Waals surface area contributed by atoms with Gasteiger partial charge in [-0.2, -0.15) is 0 Å². The van der Waals surface area contributed by atoms with Gasteiger partial charge in [0.2, 0.25) is 0 Å². The van der Waals surface area contributed by atoms with Crippen LogP contribution in [0.3, 0.4) is 0 Å². The topological polar surface area (TPSA) is 109 Å². The van der Waals surface area contributed by atoms with Crippen molar-refractivity contribution in [2.24, 2.45) is 5.41 Å². The summed E-state index contributed by atoms with van der Waals surface area (Å²) in [4.78, 5) is 51.9. The highest BCUT2D eigenvalue weighted by molar-refractivity contribution is 6.07. The van der Waals surface area contributed by atoms with Crippen molar-refractivity contribution in [2.45, 2.75) is 45.6 Å². The van der Waals surface area contributed by atoms with E-state index in [1.807, 2.05) is 72.8 Å². The third-order valence-corrected chi connectivity index (χ3v) is 8.78. The van der Waals surface area contributed by atoms with Gasteiger partial charge in [-0.3, -0.25) is 14.4 Å². The molecule has 47 heavy (non-hydrogen) atoms. The molecule has 8 heteroatoms. The van der Waals surface area contributed by atoms with Crippen molar-refractivity contribution in [3.63, 3.8) is 0 Å². The van der Waals surface area contributed by atoms with Gasteiger partial charge in [0.15, 0.2) is 11.2 Å². The zero-order valence-corrected chi connectivity index (χ0v) is 27.3. The van der Waals surface area contributed by atoms with Crippen molar-refractivity contribution in [1.82, 2.24) is 0 Å². The average Bonchev–Trinajstić information content (AvgIpc) is 3.47. The predicted octanol–water partition coefficient (Wildman–Crippen LogP) is 7.44. The van der Waals surface area contributed by atoms with Crippen LogP contribution in [0.15, 0.2) is 89.3 Å². The number of esters is 2. The van der Waals surface area contributed by atoms with Gasteiger partial charge in [-0.25, -0.2) is 0 Å². The zero-order chi connectivity index (χ0) is 33.7. The summed E-state index contributed by atoms with van der Waals surface area (Å²) in [6.07, 6.45) is -0.272. The monoisotopic (exact) mass is 634 g/mol. The normalized spacial score (nSPS) is 15.3. The number of ketones is 2. The molecule has 1 aliphatic rings. The van der Waals surface area contributed by atoms with Gasteiger partial charge in [0, 0.05) is 48.6 Å². The Bertz CT molecular complexity index is 1800. The number of Topliss-reactive ketones (excluding diaryl/α,β-unsaturated/α-hetero) is 2. The molecule has 0 fully saturated rings. The number of fused-ring (bicyclic) bond motifs is 1. The summed E-state index contributed by atoms with van der Waals surface area (Å²) >= 11 is 0. The van der Waals surface area contributed by atoms with Gasteiger partial charge in [0.25, 0.3) is 0 Å². The van der Waals surface area contributed by atoms with Crippen LogP contribution >= 0.6 is 0 Å². The Morgan fingerprint density at radius 2 is 1.32 bits per heavy atom. The van der Waals surface area contributed by atoms with E-state index in [1.165, 1.54) is 28.1 Å². The van der Waals surface area contributed by atoms with Gasteiger partial charge in [0.1, 0.15) is 23.4 Å². The number of ether oxygens (including phenoxy) is 3. The minimum absolute atomic E-state index is 0.0249. The van der Waals surface area contributed by atoms with E-state index in [4.69, 9.17) is 18.6 Å². The Balaban J connectivity index is 1.93. The summed E-state index contributed by atoms with van der Waals surface area (Å²) in [5.41, 5.74) is 3.99. The first-order valence-electron chi connectivity index (χ1n) is 15.4. The molecule has 1 heterocycles. The number of methoxy groups -OCH3 is 3. The molecule has 0 saturated carbocycles. The number of carbonyl (C=O) groups is 4. The molecule has 1 aromatic heterocycles. The summed E-state index contributed by atoms with van der Waals surface area (Å²) in [6, 6.07) is 26.4. The lowest BCUT2D eigenvalue weighted by molar-refractivity contribution is -0.169. The molecule has 0 radical (unpaired) electrons. The molecule has 0 amide bonds. The van der Waals surface area contributed by atoms with Crippen LogP contribution in [0.5, 0.6) is 0 Å². The quantitative estimate of drug-likeness (QED) is 0.0951. The molecule has 1 atom stereocenters. The molecule has 0 unspecified atom stereocenters. The first-order chi connectivity index (χ1) is 22.6. The van der Waals surface area contributed by atoms with E-state index >= 15 is 0 Å². The Morgan fingerprint density at radius 3 is 1.85 bits per heavy atom. The maximum Gasteiger partial charge on any atom is 0.324 e. The van der Waals surface area contributed by atoms with Gasteiger partial charge in [0.05, 0.1) is 14.2 Å². The molecule has 3 aromatic carbocycles. The molecule has 0 saturated heterocycles. The summed E-state index contributed by atoms with van der Waals surface area (Å²) in [6.45, 7) is 3.02. The van der Waals surface area contributed by atoms with Crippen molar-refractivity contribution >= 4 is 34.7 Å². The van der Waals surface area contributed by atoms with Crippen LogP contribution in [0.2, 0.25) is 0 Å². The molecule has 5 rings (SSSR count). The van der Waals surface area contributed by atoms with E-state index in [1.54, 1.807) is 19.2 Å². The summed E-state index contributed by atoms with van der Waals surface area (Å²) in [5, 5.41) is 0. The van der Waals surface area contributed by atoms with Crippen molar-refractivity contribution < 1.29 is 37.8 Å². The van der Waals surface area contributed by atoms with E-state index in [-0.39, 0.29) is 30.8 Å². The fraction of sp³-hybridized carbons (Fsp3) is 0.282. The highest BCUT2D eigenvalue weighted by Gasteiger charge is 2.54. The van der Waals surface area contributed by atoms with Crippen molar-refractivity contribution in [3.05, 3.63) is 119 Å². The third-order valence-electron chi connectivity index (χ3n) is 8.78. The van der Waals surface area contributed by atoms with Gasteiger partial charge >= 0.3 is 11.9 Å². The number of allylic oxidation sites excluding steroid dienone is 2. The Hall–Kier alpha value is -5.08. The fourth-order valence-electron chi connectivity index (χ4n) is 6.47. The highest BCUT2D eigenvalue weighted by atomic mass is 16.5. The van der Waals surface area contributed by atoms with Crippen LogP contribution in [0, 0.1) is 5.41 Å². The SMILES string of the molecule is COC(=O)C1(C(=O)OC)C/C(=C(/CCC(C)=O)c2ccc(C(C)=O)cc2)c2c(oc(-c3ccccc3)c2[C@@H](OC)c2ccccc2)C1. The summed E-state index contributed by atoms with van der Waals surface area (Å²) in [5.74, 6) is -0.683. The molecule has 0 bridgehead atoms. The van der Waals surface area contributed by atoms with Crippen molar-refractivity contribution in [2.75, 3.05) is 21.3 Å². The van der Waals surface area contributed by atoms with E-state index < -0.39 is 23.5 Å². The van der Waals surface area contributed by atoms with Crippen LogP contribution in [-0.2, 0) is 35.0 Å². The molecule has 242 valence electrons. The van der Waals surface area contributed by atoms with Gasteiger partial charge in [-0.05, 0) is 42.5 Å². The maximum absolute atomic E-state index is 13.7. The molecular weight excluding hydrogens is 596 g/mol. The second-order valence-electron chi connectivity index (χ2n) is 11.7. The van der Waals surface area contributed by atoms with Crippen LogP contribution in [-0.4, -0.2) is 44.8 Å². The smallest absolute Gasteiger partial charge is 0.324 e. The molecule has 0 N–H and O–H groups in total. The lowest BCUT2D eigenvalue weighted by Gasteiger charge is -2.34. The summed E-state index contributed by atoms with van der Waals surface area (Å²) < 4.78 is 23.4. The van der Waals surface area contributed by atoms with Crippen LogP contribution < -0.4 is 0 Å². The number of furan rings is 1. The molecule has 8 nitrogen and oxygen atoms in total. The Morgan fingerprint density at radius 1 is 0.745 bits per heavy atom. The predicted molar refractivity (Wildman–Crippen MR) is 177 cm³/mol. The molecular formula is C39H38O8. The highest BCUT2D eigenvalue weighted by Crippen LogP contribution is 2.53. The zero-order valence-electron chi connectivity index (χ0n) is 27.3. The Labute approximate surface area is 274 Å². The second kappa shape index (κ2) is 14.1. The lowest BCUT2D eigenvalue weighted by Crippen LogP contribution is -2.45. The van der Waals surface area contributed by atoms with Crippen molar-refractivity contribution in [1.29, 1.82) is 0 Å². The van der Waals surface area contributed by atoms with Crippen molar-refractivity contribution in [3.8, 4) is 11.3 Å². The minimum Gasteiger partial charge on any atom is -0.468 e. The Kier molecular flexibility index (Phi) is 10.0. The van der Waals surface area contributed by atoms with Gasteiger partial charge < -0.3 is 23.4 Å². The summed E-state index contributed by atoms with van der Waals surface area (Å²) in [7, 11) is 4.10. The van der Waals surface area contributed by atoms with Crippen LogP contribution in [0.1, 0.15) is 77.6 Å². The average molecular weight is 635 g/mol. The van der Waals surface area contributed by atoms with Gasteiger partial charge in [-0.1, -0.05) is 84.9 Å². The molecule has 0 spiro atoms. The number of rotatable bonds is 11. The van der Waals surface area contributed by atoms with Crippen LogP contribution in [0.25, 0.3) is 22.5 Å². The molecule has 4 aromatic rings. The molecule has 0 aliphatic heterocycles.